The van der Waals surface area contributed by atoms with Crippen molar-refractivity contribution in [2.45, 2.75) is 18.1 Å². The van der Waals surface area contributed by atoms with Gasteiger partial charge in [-0.15, -0.1) is 10.2 Å². The van der Waals surface area contributed by atoms with Crippen molar-refractivity contribution in [3.8, 4) is 0 Å². The van der Waals surface area contributed by atoms with E-state index in [0.29, 0.717) is 22.1 Å². The number of carbonyl (C=O) groups excluding carboxylic acids is 2. The Labute approximate surface area is 194 Å². The number of sulfone groups is 1. The lowest BCUT2D eigenvalue weighted by atomic mass is 10.1. The number of nitrogens with one attached hydrogen (secondary N) is 1. The van der Waals surface area contributed by atoms with Crippen molar-refractivity contribution in [1.29, 1.82) is 0 Å². The average molecular weight is 491 g/mol. The molecule has 0 spiro atoms. The maximum Gasteiger partial charge on any atom is 0.241 e. The molecule has 32 heavy (non-hydrogen) atoms. The van der Waals surface area contributed by atoms with Crippen LogP contribution in [0, 0.1) is 0 Å². The summed E-state index contributed by atoms with van der Waals surface area (Å²) in [7, 11) is -3.63. The van der Waals surface area contributed by atoms with Gasteiger partial charge >= 0.3 is 0 Å². The van der Waals surface area contributed by atoms with Gasteiger partial charge in [0.1, 0.15) is 10.8 Å². The molecule has 1 aliphatic heterocycles. The van der Waals surface area contributed by atoms with Gasteiger partial charge < -0.3 is 4.90 Å². The molecule has 8 nitrogen and oxygen atoms in total. The van der Waals surface area contributed by atoms with Crippen LogP contribution in [0.3, 0.4) is 0 Å². The van der Waals surface area contributed by atoms with Crippen molar-refractivity contribution in [1.82, 2.24) is 10.2 Å². The molecule has 0 radical (unpaired) electrons. The molecule has 1 N–H and O–H groups in total. The van der Waals surface area contributed by atoms with Crippen molar-refractivity contribution in [2.24, 2.45) is 0 Å². The standard InChI is InChI=1S/C21H19ClN4O4S2/c22-16-6-8-17(9-7-16)26-11-15(10-19(26)28)20-24-25-21(31-20)23-18(27)13-32(29,30)12-14-4-2-1-3-5-14/h1-9,15H,10-13H2,(H,23,25,27). The number of amides is 2. The number of halogens is 1. The van der Waals surface area contributed by atoms with Gasteiger partial charge in [0.15, 0.2) is 9.84 Å². The van der Waals surface area contributed by atoms with Gasteiger partial charge in [-0.3, -0.25) is 14.9 Å². The Morgan fingerprint density at radius 2 is 1.84 bits per heavy atom. The molecule has 166 valence electrons. The molecule has 1 unspecified atom stereocenters. The molecule has 0 bridgehead atoms. The normalized spacial score (nSPS) is 16.3. The second-order valence-electron chi connectivity index (χ2n) is 7.39. The van der Waals surface area contributed by atoms with Crippen LogP contribution in [0.15, 0.2) is 54.6 Å². The maximum absolute atomic E-state index is 12.4. The Morgan fingerprint density at radius 3 is 2.56 bits per heavy atom. The van der Waals surface area contributed by atoms with Crippen molar-refractivity contribution in [3.63, 3.8) is 0 Å². The van der Waals surface area contributed by atoms with Crippen molar-refractivity contribution < 1.29 is 18.0 Å². The number of anilines is 2. The molecule has 1 aromatic heterocycles. The lowest BCUT2D eigenvalue weighted by molar-refractivity contribution is -0.117. The summed E-state index contributed by atoms with van der Waals surface area (Å²) in [5, 5.41) is 11.9. The van der Waals surface area contributed by atoms with E-state index in [-0.39, 0.29) is 29.1 Å². The third-order valence-electron chi connectivity index (χ3n) is 4.88. The van der Waals surface area contributed by atoms with Crippen LogP contribution in [0.5, 0.6) is 0 Å². The fourth-order valence-electron chi connectivity index (χ4n) is 3.43. The number of carbonyl (C=O) groups is 2. The summed E-state index contributed by atoms with van der Waals surface area (Å²) < 4.78 is 24.6. The molecule has 1 aliphatic rings. The fraction of sp³-hybridized carbons (Fsp3) is 0.238. The van der Waals surface area contributed by atoms with E-state index in [1.165, 1.54) is 0 Å². The van der Waals surface area contributed by atoms with Gasteiger partial charge in [-0.2, -0.15) is 0 Å². The van der Waals surface area contributed by atoms with Gasteiger partial charge in [0.25, 0.3) is 0 Å². The predicted octanol–water partition coefficient (Wildman–Crippen LogP) is 3.27. The number of benzene rings is 2. The monoisotopic (exact) mass is 490 g/mol. The maximum atomic E-state index is 12.4. The Balaban J connectivity index is 1.36. The fourth-order valence-corrected chi connectivity index (χ4v) is 5.68. The first kappa shape index (κ1) is 22.4. The first-order valence-electron chi connectivity index (χ1n) is 9.72. The summed E-state index contributed by atoms with van der Waals surface area (Å²) in [6, 6.07) is 15.7. The van der Waals surface area contributed by atoms with E-state index < -0.39 is 21.5 Å². The summed E-state index contributed by atoms with van der Waals surface area (Å²) in [6.07, 6.45) is 0.274. The van der Waals surface area contributed by atoms with Crippen molar-refractivity contribution in [3.05, 3.63) is 70.2 Å². The zero-order valence-electron chi connectivity index (χ0n) is 16.8. The summed E-state index contributed by atoms with van der Waals surface area (Å²) in [5.74, 6) is -1.74. The molecule has 0 saturated carbocycles. The highest BCUT2D eigenvalue weighted by atomic mass is 35.5. The first-order valence-corrected chi connectivity index (χ1v) is 12.7. The van der Waals surface area contributed by atoms with Gasteiger partial charge in [-0.05, 0) is 29.8 Å². The first-order chi connectivity index (χ1) is 15.3. The van der Waals surface area contributed by atoms with E-state index in [1.807, 2.05) is 0 Å². The van der Waals surface area contributed by atoms with Gasteiger partial charge in [0.2, 0.25) is 16.9 Å². The molecule has 1 atom stereocenters. The SMILES string of the molecule is O=C(CS(=O)(=O)Cc1ccccc1)Nc1nnc(C2CC(=O)N(c3ccc(Cl)cc3)C2)s1. The van der Waals surface area contributed by atoms with Crippen LogP contribution in [0.25, 0.3) is 0 Å². The quantitative estimate of drug-likeness (QED) is 0.544. The van der Waals surface area contributed by atoms with E-state index in [4.69, 9.17) is 11.6 Å². The molecule has 11 heteroatoms. The second kappa shape index (κ2) is 9.35. The van der Waals surface area contributed by atoms with Gasteiger partial charge in [-0.25, -0.2) is 8.42 Å². The van der Waals surface area contributed by atoms with E-state index in [2.05, 4.69) is 15.5 Å². The Hall–Kier alpha value is -2.82. The molecule has 1 saturated heterocycles. The topological polar surface area (TPSA) is 109 Å². The van der Waals surface area contributed by atoms with Crippen LogP contribution in [0.2, 0.25) is 5.02 Å². The summed E-state index contributed by atoms with van der Waals surface area (Å²) in [5.41, 5.74) is 1.37. The molecular weight excluding hydrogens is 472 g/mol. The molecule has 2 aromatic carbocycles. The highest BCUT2D eigenvalue weighted by molar-refractivity contribution is 7.91. The van der Waals surface area contributed by atoms with Crippen LogP contribution < -0.4 is 10.2 Å². The van der Waals surface area contributed by atoms with Crippen LogP contribution in [-0.2, 0) is 25.2 Å². The highest BCUT2D eigenvalue weighted by Gasteiger charge is 2.34. The summed E-state index contributed by atoms with van der Waals surface area (Å²) in [6.45, 7) is 0.439. The largest absolute Gasteiger partial charge is 0.312 e. The number of aromatic nitrogens is 2. The van der Waals surface area contributed by atoms with Gasteiger partial charge in [-0.1, -0.05) is 53.3 Å². The zero-order chi connectivity index (χ0) is 22.7. The zero-order valence-corrected chi connectivity index (χ0v) is 19.2. The molecule has 2 amide bonds. The van der Waals surface area contributed by atoms with E-state index in [9.17, 15) is 18.0 Å². The number of hydrogen-bond acceptors (Lipinski definition) is 7. The van der Waals surface area contributed by atoms with E-state index in [1.54, 1.807) is 59.5 Å². The van der Waals surface area contributed by atoms with E-state index >= 15 is 0 Å². The van der Waals surface area contributed by atoms with Crippen LogP contribution in [-0.4, -0.2) is 42.7 Å². The Morgan fingerprint density at radius 1 is 1.12 bits per heavy atom. The summed E-state index contributed by atoms with van der Waals surface area (Å²) >= 11 is 7.05. The minimum absolute atomic E-state index is 0.0369. The predicted molar refractivity (Wildman–Crippen MR) is 124 cm³/mol. The smallest absolute Gasteiger partial charge is 0.241 e. The Kier molecular flexibility index (Phi) is 6.54. The molecule has 0 aliphatic carbocycles. The number of hydrogen-bond donors (Lipinski definition) is 1. The van der Waals surface area contributed by atoms with Crippen LogP contribution in [0.1, 0.15) is 22.9 Å². The minimum Gasteiger partial charge on any atom is -0.312 e. The molecular formula is C21H19ClN4O4S2. The minimum atomic E-state index is -3.63. The van der Waals surface area contributed by atoms with Crippen molar-refractivity contribution >= 4 is 55.4 Å². The van der Waals surface area contributed by atoms with Gasteiger partial charge in [0, 0.05) is 29.6 Å². The lowest BCUT2D eigenvalue weighted by Gasteiger charge is -2.16. The molecule has 3 aromatic rings. The number of rotatable bonds is 7. The van der Waals surface area contributed by atoms with E-state index in [0.717, 1.165) is 17.0 Å². The number of nitrogens with zero attached hydrogens (tertiary/aromatic N) is 3. The average Bonchev–Trinajstić information content (AvgIpc) is 3.35. The Bertz CT molecular complexity index is 1230. The third kappa shape index (κ3) is 5.50. The van der Waals surface area contributed by atoms with Crippen LogP contribution >= 0.6 is 22.9 Å². The molecule has 4 rings (SSSR count). The second-order valence-corrected chi connectivity index (χ2v) is 10.9. The third-order valence-corrected chi connectivity index (χ3v) is 7.61. The van der Waals surface area contributed by atoms with Crippen LogP contribution in [0.4, 0.5) is 10.8 Å². The highest BCUT2D eigenvalue weighted by Crippen LogP contribution is 2.34. The van der Waals surface area contributed by atoms with Crippen molar-refractivity contribution in [2.75, 3.05) is 22.5 Å². The van der Waals surface area contributed by atoms with Gasteiger partial charge in [0.05, 0.1) is 5.75 Å². The lowest BCUT2D eigenvalue weighted by Crippen LogP contribution is -2.24. The summed E-state index contributed by atoms with van der Waals surface area (Å²) in [4.78, 5) is 26.4. The molecule has 2 heterocycles. The molecule has 1 fully saturated rings.